The number of nitrogens with one attached hydrogen (secondary N) is 1. The van der Waals surface area contributed by atoms with Crippen molar-refractivity contribution in [3.63, 3.8) is 0 Å². The molecule has 0 aromatic heterocycles. The van der Waals surface area contributed by atoms with E-state index in [4.69, 9.17) is 4.74 Å². The summed E-state index contributed by atoms with van der Waals surface area (Å²) in [5, 5.41) is 6.00. The quantitative estimate of drug-likeness (QED) is 0.604. The number of hydrogen-bond acceptors (Lipinski definition) is 2. The van der Waals surface area contributed by atoms with E-state index in [9.17, 15) is 0 Å². The Hall–Kier alpha value is -1.70. The number of unbranched alkanes of at least 4 members (excludes halogenated alkanes) is 5. The fourth-order valence-electron chi connectivity index (χ4n) is 2.60. The Balaban J connectivity index is 1.82. The second-order valence-corrected chi connectivity index (χ2v) is 5.62. The molecule has 0 heterocycles. The summed E-state index contributed by atoms with van der Waals surface area (Å²) in [6.45, 7) is 3.32. The summed E-state index contributed by atoms with van der Waals surface area (Å²) in [7, 11) is 1.71. The molecule has 0 radical (unpaired) electrons. The van der Waals surface area contributed by atoms with E-state index >= 15 is 0 Å². The van der Waals surface area contributed by atoms with Crippen LogP contribution in [0, 0.1) is 0 Å². The van der Waals surface area contributed by atoms with Gasteiger partial charge in [-0.15, -0.1) is 0 Å². The second-order valence-electron chi connectivity index (χ2n) is 5.62. The SMILES string of the molecule is CCCCCCCCNc1ccc2ccc(OC)cc2c1. The van der Waals surface area contributed by atoms with Crippen LogP contribution >= 0.6 is 0 Å². The second kappa shape index (κ2) is 8.56. The summed E-state index contributed by atoms with van der Waals surface area (Å²) in [5.41, 5.74) is 1.20. The van der Waals surface area contributed by atoms with E-state index < -0.39 is 0 Å². The van der Waals surface area contributed by atoms with E-state index in [1.807, 2.05) is 6.07 Å². The summed E-state index contributed by atoms with van der Waals surface area (Å²) in [6, 6.07) is 12.7. The number of ether oxygens (including phenoxy) is 1. The Morgan fingerprint density at radius 2 is 1.62 bits per heavy atom. The van der Waals surface area contributed by atoms with E-state index in [0.29, 0.717) is 0 Å². The van der Waals surface area contributed by atoms with Gasteiger partial charge in [0.15, 0.2) is 0 Å². The number of benzene rings is 2. The molecule has 0 fully saturated rings. The number of hydrogen-bond donors (Lipinski definition) is 1. The molecule has 0 amide bonds. The van der Waals surface area contributed by atoms with Crippen LogP contribution in [0.15, 0.2) is 36.4 Å². The average molecular weight is 285 g/mol. The van der Waals surface area contributed by atoms with E-state index in [1.165, 1.54) is 55.0 Å². The molecule has 0 aliphatic carbocycles. The van der Waals surface area contributed by atoms with Gasteiger partial charge in [-0.3, -0.25) is 0 Å². The van der Waals surface area contributed by atoms with Gasteiger partial charge in [-0.25, -0.2) is 0 Å². The summed E-state index contributed by atoms with van der Waals surface area (Å²) in [6.07, 6.45) is 8.02. The molecule has 2 nitrogen and oxygen atoms in total. The monoisotopic (exact) mass is 285 g/mol. The predicted octanol–water partition coefficient (Wildman–Crippen LogP) is 5.62. The van der Waals surface area contributed by atoms with Crippen molar-refractivity contribution in [1.29, 1.82) is 0 Å². The van der Waals surface area contributed by atoms with Gasteiger partial charge >= 0.3 is 0 Å². The fraction of sp³-hybridized carbons (Fsp3) is 0.474. The first-order valence-corrected chi connectivity index (χ1v) is 8.15. The third-order valence-electron chi connectivity index (χ3n) is 3.91. The van der Waals surface area contributed by atoms with Crippen molar-refractivity contribution in [2.24, 2.45) is 0 Å². The van der Waals surface area contributed by atoms with Gasteiger partial charge in [-0.2, -0.15) is 0 Å². The third kappa shape index (κ3) is 4.96. The first kappa shape index (κ1) is 15.7. The molecule has 2 aromatic carbocycles. The third-order valence-corrected chi connectivity index (χ3v) is 3.91. The minimum atomic E-state index is 0.913. The van der Waals surface area contributed by atoms with Crippen LogP contribution in [-0.2, 0) is 0 Å². The van der Waals surface area contributed by atoms with Gasteiger partial charge in [0.2, 0.25) is 0 Å². The first-order chi connectivity index (χ1) is 10.3. The van der Waals surface area contributed by atoms with Gasteiger partial charge in [-0.1, -0.05) is 51.2 Å². The maximum atomic E-state index is 5.29. The van der Waals surface area contributed by atoms with E-state index in [0.717, 1.165) is 12.3 Å². The zero-order valence-corrected chi connectivity index (χ0v) is 13.3. The van der Waals surface area contributed by atoms with Crippen molar-refractivity contribution in [2.75, 3.05) is 19.0 Å². The smallest absolute Gasteiger partial charge is 0.119 e. The highest BCUT2D eigenvalue weighted by molar-refractivity contribution is 5.86. The maximum absolute atomic E-state index is 5.29. The molecule has 1 N–H and O–H groups in total. The first-order valence-electron chi connectivity index (χ1n) is 8.15. The topological polar surface area (TPSA) is 21.3 Å². The van der Waals surface area contributed by atoms with Crippen molar-refractivity contribution < 1.29 is 4.74 Å². The molecule has 0 bridgehead atoms. The van der Waals surface area contributed by atoms with Crippen LogP contribution in [0.5, 0.6) is 5.75 Å². The Bertz CT molecular complexity index is 550. The zero-order chi connectivity index (χ0) is 14.9. The summed E-state index contributed by atoms with van der Waals surface area (Å²) in [5.74, 6) is 0.913. The van der Waals surface area contributed by atoms with E-state index in [2.05, 4.69) is 42.6 Å². The molecule has 2 aromatic rings. The molecule has 0 unspecified atom stereocenters. The lowest BCUT2D eigenvalue weighted by atomic mass is 10.1. The van der Waals surface area contributed by atoms with Gasteiger partial charge in [0, 0.05) is 12.2 Å². The Morgan fingerprint density at radius 1 is 0.857 bits per heavy atom. The summed E-state index contributed by atoms with van der Waals surface area (Å²) >= 11 is 0. The normalized spacial score (nSPS) is 10.8. The molecule has 114 valence electrons. The molecule has 0 saturated carbocycles. The molecule has 2 rings (SSSR count). The highest BCUT2D eigenvalue weighted by Gasteiger charge is 1.99. The van der Waals surface area contributed by atoms with Crippen LogP contribution in [0.4, 0.5) is 5.69 Å². The maximum Gasteiger partial charge on any atom is 0.119 e. The van der Waals surface area contributed by atoms with Crippen LogP contribution in [0.3, 0.4) is 0 Å². The molecule has 2 heteroatoms. The number of rotatable bonds is 9. The van der Waals surface area contributed by atoms with Gasteiger partial charge in [-0.05, 0) is 41.5 Å². The minimum absolute atomic E-state index is 0.913. The molecule has 0 atom stereocenters. The highest BCUT2D eigenvalue weighted by Crippen LogP contribution is 2.23. The van der Waals surface area contributed by atoms with Crippen molar-refractivity contribution in [2.45, 2.75) is 45.4 Å². The van der Waals surface area contributed by atoms with Crippen LogP contribution in [-0.4, -0.2) is 13.7 Å². The van der Waals surface area contributed by atoms with E-state index in [1.54, 1.807) is 7.11 Å². The average Bonchev–Trinajstić information content (AvgIpc) is 2.53. The van der Waals surface area contributed by atoms with Crippen LogP contribution in [0.2, 0.25) is 0 Å². The summed E-state index contributed by atoms with van der Waals surface area (Å²) in [4.78, 5) is 0. The van der Waals surface area contributed by atoms with Crippen LogP contribution in [0.1, 0.15) is 45.4 Å². The van der Waals surface area contributed by atoms with Gasteiger partial charge in [0.05, 0.1) is 7.11 Å². The lowest BCUT2D eigenvalue weighted by Crippen LogP contribution is -2.01. The van der Waals surface area contributed by atoms with Crippen molar-refractivity contribution in [3.8, 4) is 5.75 Å². The fourth-order valence-corrected chi connectivity index (χ4v) is 2.60. The molecule has 0 saturated heterocycles. The van der Waals surface area contributed by atoms with E-state index in [-0.39, 0.29) is 0 Å². The molecular weight excluding hydrogens is 258 g/mol. The Morgan fingerprint density at radius 3 is 2.43 bits per heavy atom. The van der Waals surface area contributed by atoms with Crippen LogP contribution in [0.25, 0.3) is 10.8 Å². The molecule has 0 aliphatic heterocycles. The number of fused-ring (bicyclic) bond motifs is 1. The van der Waals surface area contributed by atoms with Crippen molar-refractivity contribution >= 4 is 16.5 Å². The van der Waals surface area contributed by atoms with Crippen molar-refractivity contribution in [1.82, 2.24) is 0 Å². The predicted molar refractivity (Wildman–Crippen MR) is 92.4 cm³/mol. The van der Waals surface area contributed by atoms with Gasteiger partial charge in [0.25, 0.3) is 0 Å². The minimum Gasteiger partial charge on any atom is -0.497 e. The van der Waals surface area contributed by atoms with Crippen molar-refractivity contribution in [3.05, 3.63) is 36.4 Å². The standard InChI is InChI=1S/C19H27NO/c1-3-4-5-6-7-8-13-20-18-11-9-16-10-12-19(21-2)15-17(16)14-18/h9-12,14-15,20H,3-8,13H2,1-2H3. The molecule has 0 spiro atoms. The molecular formula is C19H27NO. The molecule has 21 heavy (non-hydrogen) atoms. The van der Waals surface area contributed by atoms with Crippen LogP contribution < -0.4 is 10.1 Å². The van der Waals surface area contributed by atoms with Gasteiger partial charge in [0.1, 0.15) is 5.75 Å². The Kier molecular flexibility index (Phi) is 6.39. The lowest BCUT2D eigenvalue weighted by molar-refractivity contribution is 0.415. The zero-order valence-electron chi connectivity index (χ0n) is 13.3. The highest BCUT2D eigenvalue weighted by atomic mass is 16.5. The number of methoxy groups -OCH3 is 1. The summed E-state index contributed by atoms with van der Waals surface area (Å²) < 4.78 is 5.29. The number of anilines is 1. The lowest BCUT2D eigenvalue weighted by Gasteiger charge is -2.08. The Labute approximate surface area is 128 Å². The van der Waals surface area contributed by atoms with Gasteiger partial charge < -0.3 is 10.1 Å². The largest absolute Gasteiger partial charge is 0.497 e. The molecule has 0 aliphatic rings.